The molecule has 1 N–H and O–H groups in total. The fraction of sp³-hybridized carbons (Fsp3) is 0.346. The number of aromatic nitrogens is 3. The fourth-order valence-corrected chi connectivity index (χ4v) is 5.00. The Morgan fingerprint density at radius 1 is 1.20 bits per heavy atom. The first-order valence-corrected chi connectivity index (χ1v) is 12.6. The van der Waals surface area contributed by atoms with E-state index in [0.717, 1.165) is 65.8 Å². The van der Waals surface area contributed by atoms with Crippen molar-refractivity contribution in [3.63, 3.8) is 0 Å². The molecule has 0 aliphatic carbocycles. The first kappa shape index (κ1) is 23.5. The van der Waals surface area contributed by atoms with Crippen LogP contribution in [0.2, 0.25) is 0 Å². The molecule has 1 fully saturated rings. The SMILES string of the molecule is Cc1nn(C)c2nc(-c3cccs3)cc(C(=O)NCc3cccc(OCCN4CCOCC4)c3)c12. The van der Waals surface area contributed by atoms with Gasteiger partial charge in [0.1, 0.15) is 12.4 Å². The van der Waals surface area contributed by atoms with E-state index < -0.39 is 0 Å². The van der Waals surface area contributed by atoms with Gasteiger partial charge < -0.3 is 14.8 Å². The van der Waals surface area contributed by atoms with E-state index in [-0.39, 0.29) is 5.91 Å². The molecule has 4 aromatic rings. The van der Waals surface area contributed by atoms with Crippen LogP contribution in [0, 0.1) is 6.92 Å². The van der Waals surface area contributed by atoms with E-state index >= 15 is 0 Å². The van der Waals surface area contributed by atoms with Crippen molar-refractivity contribution in [2.24, 2.45) is 7.05 Å². The summed E-state index contributed by atoms with van der Waals surface area (Å²) >= 11 is 1.60. The van der Waals surface area contributed by atoms with E-state index in [2.05, 4.69) is 15.3 Å². The van der Waals surface area contributed by atoms with Crippen LogP contribution in [0.25, 0.3) is 21.6 Å². The fourth-order valence-electron chi connectivity index (χ4n) is 4.31. The smallest absolute Gasteiger partial charge is 0.252 e. The molecular formula is C26H29N5O3S. The Labute approximate surface area is 208 Å². The highest BCUT2D eigenvalue weighted by Gasteiger charge is 2.19. The number of carbonyl (C=O) groups is 1. The van der Waals surface area contributed by atoms with E-state index in [1.165, 1.54) is 0 Å². The molecule has 1 aromatic carbocycles. The zero-order chi connectivity index (χ0) is 24.2. The van der Waals surface area contributed by atoms with Gasteiger partial charge in [0, 0.05) is 33.2 Å². The Balaban J connectivity index is 1.28. The number of thiophene rings is 1. The number of carbonyl (C=O) groups excluding carboxylic acids is 1. The molecule has 0 radical (unpaired) electrons. The highest BCUT2D eigenvalue weighted by atomic mass is 32.1. The van der Waals surface area contributed by atoms with Crippen LogP contribution in [0.5, 0.6) is 5.75 Å². The maximum Gasteiger partial charge on any atom is 0.252 e. The monoisotopic (exact) mass is 491 g/mol. The first-order chi connectivity index (χ1) is 17.1. The van der Waals surface area contributed by atoms with Crippen molar-refractivity contribution >= 4 is 28.3 Å². The normalized spacial score (nSPS) is 14.3. The Morgan fingerprint density at radius 3 is 2.86 bits per heavy atom. The van der Waals surface area contributed by atoms with Crippen molar-refractivity contribution in [2.75, 3.05) is 39.5 Å². The minimum Gasteiger partial charge on any atom is -0.492 e. The van der Waals surface area contributed by atoms with Crippen LogP contribution in [0.3, 0.4) is 0 Å². The highest BCUT2D eigenvalue weighted by molar-refractivity contribution is 7.13. The third-order valence-electron chi connectivity index (χ3n) is 6.12. The van der Waals surface area contributed by atoms with Gasteiger partial charge in [-0.2, -0.15) is 5.10 Å². The molecular weight excluding hydrogens is 462 g/mol. The molecule has 0 saturated carbocycles. The van der Waals surface area contributed by atoms with Crippen molar-refractivity contribution in [1.82, 2.24) is 25.0 Å². The van der Waals surface area contributed by atoms with Gasteiger partial charge in [0.25, 0.3) is 5.91 Å². The summed E-state index contributed by atoms with van der Waals surface area (Å²) in [5.41, 5.74) is 3.83. The van der Waals surface area contributed by atoms with Crippen LogP contribution in [-0.4, -0.2) is 65.0 Å². The molecule has 8 nitrogen and oxygen atoms in total. The summed E-state index contributed by atoms with van der Waals surface area (Å²) in [7, 11) is 1.85. The van der Waals surface area contributed by atoms with Gasteiger partial charge in [-0.3, -0.25) is 14.4 Å². The number of nitrogens with zero attached hydrogens (tertiary/aromatic N) is 4. The number of hydrogen-bond acceptors (Lipinski definition) is 7. The molecule has 3 aromatic heterocycles. The van der Waals surface area contributed by atoms with Crippen LogP contribution in [-0.2, 0) is 18.3 Å². The topological polar surface area (TPSA) is 81.5 Å². The second-order valence-corrected chi connectivity index (χ2v) is 9.52. The van der Waals surface area contributed by atoms with Crippen LogP contribution in [0.1, 0.15) is 21.6 Å². The van der Waals surface area contributed by atoms with Crippen LogP contribution < -0.4 is 10.1 Å². The predicted molar refractivity (Wildman–Crippen MR) is 137 cm³/mol. The molecule has 35 heavy (non-hydrogen) atoms. The van der Waals surface area contributed by atoms with E-state index in [0.29, 0.717) is 24.4 Å². The molecule has 1 saturated heterocycles. The second-order valence-electron chi connectivity index (χ2n) is 8.57. The van der Waals surface area contributed by atoms with Crippen molar-refractivity contribution in [1.29, 1.82) is 0 Å². The minimum absolute atomic E-state index is 0.148. The molecule has 0 unspecified atom stereocenters. The first-order valence-electron chi connectivity index (χ1n) is 11.8. The number of nitrogens with one attached hydrogen (secondary N) is 1. The van der Waals surface area contributed by atoms with Crippen LogP contribution in [0.15, 0.2) is 47.8 Å². The van der Waals surface area contributed by atoms with Gasteiger partial charge >= 0.3 is 0 Å². The van der Waals surface area contributed by atoms with Crippen molar-refractivity contribution in [2.45, 2.75) is 13.5 Å². The van der Waals surface area contributed by atoms with E-state index in [4.69, 9.17) is 14.5 Å². The average molecular weight is 492 g/mol. The molecule has 0 atom stereocenters. The van der Waals surface area contributed by atoms with Crippen LogP contribution in [0.4, 0.5) is 0 Å². The predicted octanol–water partition coefficient (Wildman–Crippen LogP) is 3.65. The lowest BCUT2D eigenvalue weighted by Gasteiger charge is -2.26. The summed E-state index contributed by atoms with van der Waals surface area (Å²) in [6, 6.07) is 13.7. The zero-order valence-electron chi connectivity index (χ0n) is 20.0. The number of hydrogen-bond donors (Lipinski definition) is 1. The summed E-state index contributed by atoms with van der Waals surface area (Å²) in [5, 5.41) is 10.4. The van der Waals surface area contributed by atoms with Gasteiger partial charge in [-0.05, 0) is 42.1 Å². The third-order valence-corrected chi connectivity index (χ3v) is 7.01. The maximum atomic E-state index is 13.3. The standard InChI is InChI=1S/C26H29N5O3S/c1-18-24-21(16-22(23-7-4-14-35-23)28-25(24)30(2)29-18)26(32)27-17-19-5-3-6-20(15-19)34-13-10-31-8-11-33-12-9-31/h3-7,14-16H,8-13,17H2,1-2H3,(H,27,32). The molecule has 0 bridgehead atoms. The van der Waals surface area contributed by atoms with E-state index in [1.807, 2.05) is 61.8 Å². The van der Waals surface area contributed by atoms with E-state index in [9.17, 15) is 4.79 Å². The van der Waals surface area contributed by atoms with Gasteiger partial charge in [-0.25, -0.2) is 4.98 Å². The molecule has 1 amide bonds. The third kappa shape index (κ3) is 5.37. The number of ether oxygens (including phenoxy) is 2. The number of pyridine rings is 1. The highest BCUT2D eigenvalue weighted by Crippen LogP contribution is 2.29. The molecule has 4 heterocycles. The minimum atomic E-state index is -0.148. The number of fused-ring (bicyclic) bond motifs is 1. The molecule has 182 valence electrons. The number of benzene rings is 1. The zero-order valence-corrected chi connectivity index (χ0v) is 20.8. The van der Waals surface area contributed by atoms with Crippen molar-refractivity contribution in [3.8, 4) is 16.3 Å². The number of rotatable bonds is 8. The Bertz CT molecular complexity index is 1310. The Kier molecular flexibility index (Phi) is 7.08. The molecule has 0 spiro atoms. The lowest BCUT2D eigenvalue weighted by Crippen LogP contribution is -2.38. The largest absolute Gasteiger partial charge is 0.492 e. The van der Waals surface area contributed by atoms with Gasteiger partial charge in [0.05, 0.1) is 40.4 Å². The second kappa shape index (κ2) is 10.6. The Hall–Kier alpha value is -3.27. The van der Waals surface area contributed by atoms with Gasteiger partial charge in [0.15, 0.2) is 5.65 Å². The quantitative estimate of drug-likeness (QED) is 0.405. The number of morpholine rings is 1. The lowest BCUT2D eigenvalue weighted by atomic mass is 10.1. The summed E-state index contributed by atoms with van der Waals surface area (Å²) in [6.07, 6.45) is 0. The van der Waals surface area contributed by atoms with Gasteiger partial charge in [-0.1, -0.05) is 18.2 Å². The van der Waals surface area contributed by atoms with E-state index in [1.54, 1.807) is 16.0 Å². The van der Waals surface area contributed by atoms with Gasteiger partial charge in [-0.15, -0.1) is 11.3 Å². The summed E-state index contributed by atoms with van der Waals surface area (Å²) in [4.78, 5) is 21.5. The summed E-state index contributed by atoms with van der Waals surface area (Å²) in [5.74, 6) is 0.657. The molecule has 1 aliphatic rings. The van der Waals surface area contributed by atoms with Crippen LogP contribution >= 0.6 is 11.3 Å². The van der Waals surface area contributed by atoms with Gasteiger partial charge in [0.2, 0.25) is 0 Å². The molecule has 1 aliphatic heterocycles. The number of amides is 1. The summed E-state index contributed by atoms with van der Waals surface area (Å²) < 4.78 is 13.1. The average Bonchev–Trinajstić information content (AvgIpc) is 3.51. The summed E-state index contributed by atoms with van der Waals surface area (Å²) in [6.45, 7) is 7.26. The lowest BCUT2D eigenvalue weighted by molar-refractivity contribution is 0.0322. The molecule has 5 rings (SSSR count). The molecule has 9 heteroatoms. The van der Waals surface area contributed by atoms with Crippen molar-refractivity contribution in [3.05, 3.63) is 64.7 Å². The maximum absolute atomic E-state index is 13.3. The van der Waals surface area contributed by atoms with Crippen molar-refractivity contribution < 1.29 is 14.3 Å². The number of aryl methyl sites for hydroxylation is 2. The Morgan fingerprint density at radius 2 is 2.06 bits per heavy atom.